The maximum Gasteiger partial charge on any atom is 0.205 e. The molecule has 0 aliphatic heterocycles. The first-order valence-electron chi connectivity index (χ1n) is 10.7. The Hall–Kier alpha value is -1.54. The molecule has 0 saturated heterocycles. The van der Waals surface area contributed by atoms with Gasteiger partial charge in [0.1, 0.15) is 12.2 Å². The summed E-state index contributed by atoms with van der Waals surface area (Å²) < 4.78 is 19.5. The van der Waals surface area contributed by atoms with Crippen molar-refractivity contribution in [2.24, 2.45) is 0 Å². The number of aromatic nitrogens is 2. The SMILES string of the molecule is Clc1c(Cl)c(Cl)c2c(nc(Cl)n2COC(CCOCc2ccccc2)OCc2ccccc2)c1Cl. The highest BCUT2D eigenvalue weighted by Gasteiger charge is 2.22. The third-order valence-corrected chi connectivity index (χ3v) is 7.26. The fourth-order valence-corrected chi connectivity index (χ4v) is 4.59. The minimum Gasteiger partial charge on any atom is -0.377 e. The molecule has 0 bridgehead atoms. The molecule has 3 aromatic carbocycles. The van der Waals surface area contributed by atoms with Crippen LogP contribution in [0.2, 0.25) is 25.4 Å². The largest absolute Gasteiger partial charge is 0.377 e. The number of imidazole rings is 1. The van der Waals surface area contributed by atoms with Gasteiger partial charge in [0.05, 0.1) is 45.4 Å². The minimum absolute atomic E-state index is 0.00147. The Balaban J connectivity index is 1.46. The average Bonchev–Trinajstić information content (AvgIpc) is 3.22. The number of halogens is 5. The van der Waals surface area contributed by atoms with Gasteiger partial charge in [0.25, 0.3) is 0 Å². The number of nitrogens with zero attached hydrogens (tertiary/aromatic N) is 2. The molecule has 4 rings (SSSR count). The third kappa shape index (κ3) is 6.62. The maximum absolute atomic E-state index is 6.44. The van der Waals surface area contributed by atoms with Crippen molar-refractivity contribution in [2.75, 3.05) is 6.61 Å². The number of hydrogen-bond acceptors (Lipinski definition) is 4. The van der Waals surface area contributed by atoms with Gasteiger partial charge < -0.3 is 14.2 Å². The second-order valence-electron chi connectivity index (χ2n) is 7.61. The molecule has 0 aliphatic rings. The highest BCUT2D eigenvalue weighted by Crippen LogP contribution is 2.43. The monoisotopic (exact) mass is 572 g/mol. The lowest BCUT2D eigenvalue weighted by atomic mass is 10.2. The van der Waals surface area contributed by atoms with Crippen molar-refractivity contribution in [2.45, 2.75) is 32.7 Å². The summed E-state index contributed by atoms with van der Waals surface area (Å²) in [4.78, 5) is 4.28. The standard InChI is InChI=1S/C25H21Cl5N2O3/c26-19-20(27)22(29)24-23(21(19)28)31-25(30)32(24)15-35-18(34-14-17-9-5-2-6-10-17)11-12-33-13-16-7-3-1-4-8-16/h1-10,18H,11-15H2. The van der Waals surface area contributed by atoms with E-state index in [-0.39, 0.29) is 32.1 Å². The zero-order valence-electron chi connectivity index (χ0n) is 18.4. The van der Waals surface area contributed by atoms with E-state index in [4.69, 9.17) is 72.2 Å². The van der Waals surface area contributed by atoms with Gasteiger partial charge in [-0.15, -0.1) is 0 Å². The molecule has 0 fully saturated rings. The van der Waals surface area contributed by atoms with E-state index in [1.54, 1.807) is 4.57 Å². The molecule has 10 heteroatoms. The number of benzene rings is 3. The quantitative estimate of drug-likeness (QED) is 0.0781. The fourth-order valence-electron chi connectivity index (χ4n) is 3.40. The van der Waals surface area contributed by atoms with Gasteiger partial charge in [0, 0.05) is 6.42 Å². The van der Waals surface area contributed by atoms with Crippen molar-refractivity contribution in [3.05, 3.63) is 97.2 Å². The van der Waals surface area contributed by atoms with E-state index in [0.717, 1.165) is 11.1 Å². The van der Waals surface area contributed by atoms with Crippen LogP contribution in [-0.2, 0) is 34.2 Å². The van der Waals surface area contributed by atoms with Crippen molar-refractivity contribution in [1.82, 2.24) is 9.55 Å². The van der Waals surface area contributed by atoms with Crippen LogP contribution >= 0.6 is 58.0 Å². The second kappa shape index (κ2) is 12.6. The number of fused-ring (bicyclic) bond motifs is 1. The number of rotatable bonds is 11. The van der Waals surface area contributed by atoms with Gasteiger partial charge in [0.15, 0.2) is 6.29 Å². The number of ether oxygens (including phenoxy) is 3. The molecule has 1 aromatic heterocycles. The first-order chi connectivity index (χ1) is 17.0. The average molecular weight is 575 g/mol. The van der Waals surface area contributed by atoms with Gasteiger partial charge in [0.2, 0.25) is 5.28 Å². The topological polar surface area (TPSA) is 45.5 Å². The third-order valence-electron chi connectivity index (χ3n) is 5.19. The van der Waals surface area contributed by atoms with Gasteiger partial charge in [-0.05, 0) is 22.7 Å². The molecule has 35 heavy (non-hydrogen) atoms. The van der Waals surface area contributed by atoms with E-state index >= 15 is 0 Å². The zero-order chi connectivity index (χ0) is 24.8. The van der Waals surface area contributed by atoms with Crippen LogP contribution in [0.4, 0.5) is 0 Å². The van der Waals surface area contributed by atoms with Crippen LogP contribution in [0, 0.1) is 0 Å². The summed E-state index contributed by atoms with van der Waals surface area (Å²) in [6.07, 6.45) is -0.0955. The molecule has 4 aromatic rings. The van der Waals surface area contributed by atoms with Crippen LogP contribution in [0.25, 0.3) is 11.0 Å². The van der Waals surface area contributed by atoms with E-state index in [2.05, 4.69) is 4.98 Å². The van der Waals surface area contributed by atoms with Gasteiger partial charge in [-0.1, -0.05) is 107 Å². The molecule has 1 atom stereocenters. The molecule has 184 valence electrons. The van der Waals surface area contributed by atoms with Crippen molar-refractivity contribution >= 4 is 69.0 Å². The summed E-state index contributed by atoms with van der Waals surface area (Å²) in [7, 11) is 0. The Morgan fingerprint density at radius 3 is 1.97 bits per heavy atom. The van der Waals surface area contributed by atoms with Crippen LogP contribution in [0.5, 0.6) is 0 Å². The van der Waals surface area contributed by atoms with Crippen LogP contribution in [0.3, 0.4) is 0 Å². The van der Waals surface area contributed by atoms with Crippen LogP contribution in [-0.4, -0.2) is 22.4 Å². The molecule has 0 aliphatic carbocycles. The van der Waals surface area contributed by atoms with Crippen LogP contribution in [0.15, 0.2) is 60.7 Å². The smallest absolute Gasteiger partial charge is 0.205 e. The molecule has 0 spiro atoms. The van der Waals surface area contributed by atoms with Crippen molar-refractivity contribution in [3.8, 4) is 0 Å². The molecular formula is C25H21Cl5N2O3. The summed E-state index contributed by atoms with van der Waals surface area (Å²) >= 11 is 31.5. The molecule has 5 nitrogen and oxygen atoms in total. The van der Waals surface area contributed by atoms with Crippen LogP contribution in [0.1, 0.15) is 17.5 Å². The predicted molar refractivity (Wildman–Crippen MR) is 142 cm³/mol. The summed E-state index contributed by atoms with van der Waals surface area (Å²) in [6.45, 7) is 1.30. The predicted octanol–water partition coefficient (Wildman–Crippen LogP) is 8.43. The molecule has 0 saturated carbocycles. The lowest BCUT2D eigenvalue weighted by Gasteiger charge is -2.20. The number of hydrogen-bond donors (Lipinski definition) is 0. The highest BCUT2D eigenvalue weighted by atomic mass is 35.5. The van der Waals surface area contributed by atoms with Crippen molar-refractivity contribution in [1.29, 1.82) is 0 Å². The fraction of sp³-hybridized carbons (Fsp3) is 0.240. The van der Waals surface area contributed by atoms with Crippen molar-refractivity contribution < 1.29 is 14.2 Å². The molecule has 1 heterocycles. The first kappa shape index (κ1) is 26.5. The molecule has 0 amide bonds. The summed E-state index contributed by atoms with van der Waals surface area (Å²) in [6, 6.07) is 19.8. The lowest BCUT2D eigenvalue weighted by Crippen LogP contribution is -2.21. The van der Waals surface area contributed by atoms with E-state index in [0.29, 0.717) is 37.3 Å². The van der Waals surface area contributed by atoms with E-state index in [1.165, 1.54) is 0 Å². The second-order valence-corrected chi connectivity index (χ2v) is 9.46. The normalized spacial score (nSPS) is 12.4. The van der Waals surface area contributed by atoms with Gasteiger partial charge in [-0.25, -0.2) is 4.98 Å². The van der Waals surface area contributed by atoms with E-state index in [9.17, 15) is 0 Å². The molecule has 0 radical (unpaired) electrons. The van der Waals surface area contributed by atoms with E-state index < -0.39 is 6.29 Å². The summed E-state index contributed by atoms with van der Waals surface area (Å²) in [5.74, 6) is 0. The molecular weight excluding hydrogens is 554 g/mol. The Morgan fingerprint density at radius 1 is 0.714 bits per heavy atom. The van der Waals surface area contributed by atoms with E-state index in [1.807, 2.05) is 60.7 Å². The minimum atomic E-state index is -0.587. The Labute approximate surface area is 228 Å². The summed E-state index contributed by atoms with van der Waals surface area (Å²) in [5, 5.41) is 0.724. The first-order valence-corrected chi connectivity index (χ1v) is 12.6. The Kier molecular flexibility index (Phi) is 9.56. The summed E-state index contributed by atoms with van der Waals surface area (Å²) in [5.41, 5.74) is 2.88. The lowest BCUT2D eigenvalue weighted by molar-refractivity contribution is -0.177. The molecule has 0 N–H and O–H groups in total. The van der Waals surface area contributed by atoms with Gasteiger partial charge >= 0.3 is 0 Å². The molecule has 1 unspecified atom stereocenters. The maximum atomic E-state index is 6.44. The Bertz CT molecular complexity index is 1270. The van der Waals surface area contributed by atoms with Gasteiger partial charge in [-0.3, -0.25) is 4.57 Å². The zero-order valence-corrected chi connectivity index (χ0v) is 22.2. The Morgan fingerprint density at radius 2 is 1.31 bits per heavy atom. The van der Waals surface area contributed by atoms with Crippen LogP contribution < -0.4 is 0 Å². The van der Waals surface area contributed by atoms with Gasteiger partial charge in [-0.2, -0.15) is 0 Å². The highest BCUT2D eigenvalue weighted by molar-refractivity contribution is 6.55. The van der Waals surface area contributed by atoms with Crippen molar-refractivity contribution in [3.63, 3.8) is 0 Å².